The van der Waals surface area contributed by atoms with Gasteiger partial charge in [-0.15, -0.1) is 0 Å². The predicted octanol–water partition coefficient (Wildman–Crippen LogP) is 4.43. The second kappa shape index (κ2) is 8.76. The van der Waals surface area contributed by atoms with Gasteiger partial charge in [0.05, 0.1) is 11.6 Å². The van der Waals surface area contributed by atoms with Crippen LogP contribution in [0.3, 0.4) is 0 Å². The van der Waals surface area contributed by atoms with Gasteiger partial charge in [-0.2, -0.15) is 0 Å². The summed E-state index contributed by atoms with van der Waals surface area (Å²) in [4.78, 5) is 42.8. The largest absolute Gasteiger partial charge is 0.507 e. The van der Waals surface area contributed by atoms with Crippen molar-refractivity contribution in [3.05, 3.63) is 94.2 Å². The van der Waals surface area contributed by atoms with Crippen molar-refractivity contribution in [2.45, 2.75) is 13.0 Å². The molecular weight excluding hydrogens is 474 g/mol. The highest BCUT2D eigenvalue weighted by Crippen LogP contribution is 2.42. The minimum Gasteiger partial charge on any atom is -0.507 e. The Hall–Kier alpha value is -3.78. The summed E-state index contributed by atoms with van der Waals surface area (Å²) >= 11 is 3.35. The van der Waals surface area contributed by atoms with Crippen molar-refractivity contribution in [2.24, 2.45) is 0 Å². The molecule has 2 heterocycles. The Kier molecular flexibility index (Phi) is 5.87. The van der Waals surface area contributed by atoms with E-state index in [1.807, 2.05) is 0 Å². The lowest BCUT2D eigenvalue weighted by Gasteiger charge is -2.25. The molecule has 32 heavy (non-hydrogen) atoms. The van der Waals surface area contributed by atoms with Crippen molar-refractivity contribution in [2.75, 3.05) is 10.2 Å². The third kappa shape index (κ3) is 4.04. The SMILES string of the molecule is CC(=O)Nc1ccc(N2C(=O)C(=O)/C(=C(\O)c3ccc(Br)cc3)C2c2ccncc2)cc1. The van der Waals surface area contributed by atoms with Gasteiger partial charge >= 0.3 is 0 Å². The average Bonchev–Trinajstić information content (AvgIpc) is 3.05. The maximum Gasteiger partial charge on any atom is 0.300 e. The van der Waals surface area contributed by atoms with E-state index in [0.717, 1.165) is 4.47 Å². The molecule has 0 bridgehead atoms. The van der Waals surface area contributed by atoms with Crippen LogP contribution in [0, 0.1) is 0 Å². The van der Waals surface area contributed by atoms with Gasteiger partial charge in [-0.1, -0.05) is 28.1 Å². The number of nitrogens with zero attached hydrogens (tertiary/aromatic N) is 2. The summed E-state index contributed by atoms with van der Waals surface area (Å²) in [6.45, 7) is 1.40. The standard InChI is InChI=1S/C24H18BrN3O4/c1-14(29)27-18-6-8-19(9-7-18)28-21(15-10-12-26-13-11-15)20(23(31)24(28)32)22(30)16-2-4-17(25)5-3-16/h2-13,21,30H,1H3,(H,27,29)/b22-20-. The predicted molar refractivity (Wildman–Crippen MR) is 124 cm³/mol. The van der Waals surface area contributed by atoms with Gasteiger partial charge in [-0.25, -0.2) is 0 Å². The van der Waals surface area contributed by atoms with Crippen molar-refractivity contribution in [1.82, 2.24) is 4.98 Å². The topological polar surface area (TPSA) is 99.6 Å². The number of pyridine rings is 1. The molecule has 1 atom stereocenters. The smallest absolute Gasteiger partial charge is 0.300 e. The normalized spacial score (nSPS) is 17.4. The highest BCUT2D eigenvalue weighted by molar-refractivity contribution is 9.10. The van der Waals surface area contributed by atoms with Crippen LogP contribution in [0.15, 0.2) is 83.1 Å². The van der Waals surface area contributed by atoms with E-state index in [-0.39, 0.29) is 17.2 Å². The number of hydrogen-bond acceptors (Lipinski definition) is 5. The zero-order chi connectivity index (χ0) is 22.8. The highest BCUT2D eigenvalue weighted by Gasteiger charge is 2.46. The first-order valence-corrected chi connectivity index (χ1v) is 10.5. The molecule has 1 unspecified atom stereocenters. The fourth-order valence-electron chi connectivity index (χ4n) is 3.63. The summed E-state index contributed by atoms with van der Waals surface area (Å²) in [5.41, 5.74) is 2.07. The second-order valence-electron chi connectivity index (χ2n) is 7.18. The molecule has 0 radical (unpaired) electrons. The molecule has 4 rings (SSSR count). The Morgan fingerprint density at radius 2 is 1.62 bits per heavy atom. The van der Waals surface area contributed by atoms with E-state index in [1.165, 1.54) is 11.8 Å². The van der Waals surface area contributed by atoms with Crippen LogP contribution >= 0.6 is 15.9 Å². The molecule has 2 aromatic carbocycles. The molecule has 2 N–H and O–H groups in total. The van der Waals surface area contributed by atoms with Crippen LogP contribution in [-0.2, 0) is 14.4 Å². The lowest BCUT2D eigenvalue weighted by atomic mass is 9.96. The molecule has 3 aromatic rings. The number of amides is 2. The molecule has 1 aliphatic heterocycles. The van der Waals surface area contributed by atoms with Gasteiger partial charge in [0.2, 0.25) is 5.91 Å². The summed E-state index contributed by atoms with van der Waals surface area (Å²) in [5, 5.41) is 13.7. The van der Waals surface area contributed by atoms with E-state index < -0.39 is 17.7 Å². The minimum atomic E-state index is -0.840. The first-order valence-electron chi connectivity index (χ1n) is 9.71. The molecule has 0 spiro atoms. The van der Waals surface area contributed by atoms with Crippen LogP contribution in [0.5, 0.6) is 0 Å². The van der Waals surface area contributed by atoms with E-state index in [9.17, 15) is 19.5 Å². The molecule has 0 aliphatic carbocycles. The quantitative estimate of drug-likeness (QED) is 0.319. The molecule has 0 saturated carbocycles. The summed E-state index contributed by atoms with van der Waals surface area (Å²) < 4.78 is 0.819. The second-order valence-corrected chi connectivity index (χ2v) is 8.10. The first-order chi connectivity index (χ1) is 15.4. The number of carbonyl (C=O) groups excluding carboxylic acids is 3. The molecule has 2 amide bonds. The van der Waals surface area contributed by atoms with Crippen molar-refractivity contribution in [3.8, 4) is 0 Å². The lowest BCUT2D eigenvalue weighted by molar-refractivity contribution is -0.132. The number of rotatable bonds is 4. The van der Waals surface area contributed by atoms with Crippen molar-refractivity contribution < 1.29 is 19.5 Å². The van der Waals surface area contributed by atoms with Crippen LogP contribution in [0.4, 0.5) is 11.4 Å². The monoisotopic (exact) mass is 491 g/mol. The molecule has 1 saturated heterocycles. The number of carbonyl (C=O) groups is 3. The number of nitrogens with one attached hydrogen (secondary N) is 1. The van der Waals surface area contributed by atoms with Gasteiger partial charge in [-0.3, -0.25) is 24.3 Å². The van der Waals surface area contributed by atoms with Crippen molar-refractivity contribution in [1.29, 1.82) is 0 Å². The molecule has 8 heteroatoms. The van der Waals surface area contributed by atoms with Gasteiger partial charge < -0.3 is 10.4 Å². The number of aliphatic hydroxyl groups excluding tert-OH is 1. The van der Waals surface area contributed by atoms with Gasteiger partial charge in [0.1, 0.15) is 5.76 Å². The molecule has 1 aromatic heterocycles. The van der Waals surface area contributed by atoms with Crippen LogP contribution in [0.2, 0.25) is 0 Å². The summed E-state index contributed by atoms with van der Waals surface area (Å²) in [6.07, 6.45) is 3.13. The first kappa shape index (κ1) is 21.5. The Morgan fingerprint density at radius 3 is 2.22 bits per heavy atom. The van der Waals surface area contributed by atoms with Gasteiger partial charge in [0, 0.05) is 40.7 Å². The maximum atomic E-state index is 13.1. The Labute approximate surface area is 192 Å². The molecule has 7 nitrogen and oxygen atoms in total. The number of halogens is 1. The molecule has 1 fully saturated rings. The van der Waals surface area contributed by atoms with Crippen LogP contribution in [-0.4, -0.2) is 27.7 Å². The van der Waals surface area contributed by atoms with Gasteiger partial charge in [0.15, 0.2) is 0 Å². The number of hydrogen-bond donors (Lipinski definition) is 2. The molecule has 160 valence electrons. The van der Waals surface area contributed by atoms with Crippen molar-refractivity contribution in [3.63, 3.8) is 0 Å². The fourth-order valence-corrected chi connectivity index (χ4v) is 3.90. The molecule has 1 aliphatic rings. The number of ketones is 1. The Bertz CT molecular complexity index is 1220. The van der Waals surface area contributed by atoms with E-state index in [4.69, 9.17) is 0 Å². The van der Waals surface area contributed by atoms with E-state index in [2.05, 4.69) is 26.2 Å². The minimum absolute atomic E-state index is 0.00513. The third-order valence-corrected chi connectivity index (χ3v) is 5.58. The summed E-state index contributed by atoms with van der Waals surface area (Å²) in [5.74, 6) is -2.00. The van der Waals surface area contributed by atoms with E-state index in [0.29, 0.717) is 22.5 Å². The van der Waals surface area contributed by atoms with Gasteiger partial charge in [0.25, 0.3) is 11.7 Å². The fraction of sp³-hybridized carbons (Fsp3) is 0.0833. The maximum absolute atomic E-state index is 13.1. The van der Waals surface area contributed by atoms with Crippen LogP contribution in [0.1, 0.15) is 24.1 Å². The van der Waals surface area contributed by atoms with Gasteiger partial charge in [-0.05, 0) is 54.1 Å². The zero-order valence-corrected chi connectivity index (χ0v) is 18.5. The number of Topliss-reactive ketones (excluding diaryl/α,β-unsaturated/α-hetero) is 1. The third-order valence-electron chi connectivity index (χ3n) is 5.05. The number of aromatic nitrogens is 1. The van der Waals surface area contributed by atoms with E-state index in [1.54, 1.807) is 73.1 Å². The van der Waals surface area contributed by atoms with Crippen LogP contribution < -0.4 is 10.2 Å². The Balaban J connectivity index is 1.85. The average molecular weight is 492 g/mol. The summed E-state index contributed by atoms with van der Waals surface area (Å²) in [7, 11) is 0. The number of anilines is 2. The van der Waals surface area contributed by atoms with Crippen LogP contribution in [0.25, 0.3) is 5.76 Å². The number of aliphatic hydroxyl groups is 1. The zero-order valence-electron chi connectivity index (χ0n) is 16.9. The highest BCUT2D eigenvalue weighted by atomic mass is 79.9. The van der Waals surface area contributed by atoms with E-state index >= 15 is 0 Å². The number of benzene rings is 2. The molecular formula is C24H18BrN3O4. The Morgan fingerprint density at radius 1 is 1.00 bits per heavy atom. The summed E-state index contributed by atoms with van der Waals surface area (Å²) in [6, 6.07) is 16.0. The van der Waals surface area contributed by atoms with Crippen molar-refractivity contribution >= 4 is 50.7 Å². The lowest BCUT2D eigenvalue weighted by Crippen LogP contribution is -2.29.